The molecule has 0 unspecified atom stereocenters. The summed E-state index contributed by atoms with van der Waals surface area (Å²) in [5.74, 6) is 0. The first-order valence-electron chi connectivity index (χ1n) is 5.72. The zero-order chi connectivity index (χ0) is 12.4. The molecule has 0 saturated heterocycles. The molecule has 0 fully saturated rings. The molecule has 0 amide bonds. The number of aliphatic hydroxyl groups is 1. The highest BCUT2D eigenvalue weighted by Gasteiger charge is 2.04. The Balaban J connectivity index is 1.90. The van der Waals surface area contributed by atoms with Crippen molar-refractivity contribution < 1.29 is 5.11 Å². The van der Waals surface area contributed by atoms with E-state index >= 15 is 0 Å². The fourth-order valence-electron chi connectivity index (χ4n) is 1.79. The standard InChI is InChI=1S/C12H12N4OS/c17-5-1-2-9-7-16(15-14-9)10-3-4-11-12(6-10)18-8-13-11/h3-4,6-8,17H,1-2,5H2. The number of rotatable bonds is 4. The minimum Gasteiger partial charge on any atom is -0.396 e. The first kappa shape index (κ1) is 11.3. The van der Waals surface area contributed by atoms with Crippen molar-refractivity contribution in [3.8, 4) is 5.69 Å². The van der Waals surface area contributed by atoms with E-state index in [1.165, 1.54) is 0 Å². The molecule has 0 aliphatic rings. The van der Waals surface area contributed by atoms with Crippen molar-refractivity contribution in [2.75, 3.05) is 6.61 Å². The lowest BCUT2D eigenvalue weighted by Gasteiger charge is -1.98. The van der Waals surface area contributed by atoms with Gasteiger partial charge in [0, 0.05) is 6.61 Å². The van der Waals surface area contributed by atoms with Gasteiger partial charge in [0.1, 0.15) is 0 Å². The molecule has 3 rings (SSSR count). The van der Waals surface area contributed by atoms with Gasteiger partial charge in [0.15, 0.2) is 0 Å². The SMILES string of the molecule is OCCCc1cn(-c2ccc3ncsc3c2)nn1. The van der Waals surface area contributed by atoms with E-state index in [1.807, 2.05) is 23.8 Å². The van der Waals surface area contributed by atoms with Crippen LogP contribution in [-0.2, 0) is 6.42 Å². The number of nitrogens with zero attached hydrogens (tertiary/aromatic N) is 4. The lowest BCUT2D eigenvalue weighted by Crippen LogP contribution is -1.94. The first-order chi connectivity index (χ1) is 8.86. The molecular weight excluding hydrogens is 248 g/mol. The molecule has 92 valence electrons. The summed E-state index contributed by atoms with van der Waals surface area (Å²) in [7, 11) is 0. The van der Waals surface area contributed by atoms with Crippen LogP contribution in [0.5, 0.6) is 0 Å². The maximum atomic E-state index is 8.79. The van der Waals surface area contributed by atoms with E-state index in [1.54, 1.807) is 16.0 Å². The van der Waals surface area contributed by atoms with Crippen molar-refractivity contribution in [1.82, 2.24) is 20.0 Å². The van der Waals surface area contributed by atoms with Gasteiger partial charge in [-0.05, 0) is 31.0 Å². The van der Waals surface area contributed by atoms with Gasteiger partial charge in [-0.1, -0.05) is 5.21 Å². The van der Waals surface area contributed by atoms with Crippen LogP contribution in [0.1, 0.15) is 12.1 Å². The van der Waals surface area contributed by atoms with Crippen molar-refractivity contribution in [2.24, 2.45) is 0 Å². The van der Waals surface area contributed by atoms with Gasteiger partial charge >= 0.3 is 0 Å². The van der Waals surface area contributed by atoms with E-state index in [-0.39, 0.29) is 6.61 Å². The van der Waals surface area contributed by atoms with Crippen LogP contribution in [0.4, 0.5) is 0 Å². The van der Waals surface area contributed by atoms with Crippen LogP contribution in [0.15, 0.2) is 29.9 Å². The number of hydrogen-bond donors (Lipinski definition) is 1. The third kappa shape index (κ3) is 2.12. The van der Waals surface area contributed by atoms with Gasteiger partial charge in [0.25, 0.3) is 0 Å². The summed E-state index contributed by atoms with van der Waals surface area (Å²) in [6.45, 7) is 0.180. The van der Waals surface area contributed by atoms with E-state index in [0.717, 1.165) is 28.0 Å². The summed E-state index contributed by atoms with van der Waals surface area (Å²) in [6, 6.07) is 6.01. The molecule has 3 aromatic rings. The smallest absolute Gasteiger partial charge is 0.0832 e. The molecule has 0 spiro atoms. The summed E-state index contributed by atoms with van der Waals surface area (Å²) >= 11 is 1.61. The summed E-state index contributed by atoms with van der Waals surface area (Å²) in [6.07, 6.45) is 3.36. The monoisotopic (exact) mass is 260 g/mol. The molecule has 2 heterocycles. The fraction of sp³-hybridized carbons (Fsp3) is 0.250. The Morgan fingerprint density at radius 2 is 2.28 bits per heavy atom. The molecule has 0 atom stereocenters. The predicted molar refractivity (Wildman–Crippen MR) is 69.9 cm³/mol. The van der Waals surface area contributed by atoms with Crippen molar-refractivity contribution in [1.29, 1.82) is 0 Å². The molecule has 0 bridgehead atoms. The summed E-state index contributed by atoms with van der Waals surface area (Å²) in [5.41, 5.74) is 4.72. The second-order valence-corrected chi connectivity index (χ2v) is 4.87. The minimum absolute atomic E-state index is 0.180. The Labute approximate surface area is 108 Å². The largest absolute Gasteiger partial charge is 0.396 e. The summed E-state index contributed by atoms with van der Waals surface area (Å²) in [4.78, 5) is 4.24. The highest BCUT2D eigenvalue weighted by molar-refractivity contribution is 7.16. The third-order valence-corrected chi connectivity index (χ3v) is 3.50. The molecule has 1 aromatic carbocycles. The average molecular weight is 260 g/mol. The topological polar surface area (TPSA) is 63.8 Å². The van der Waals surface area contributed by atoms with Crippen LogP contribution >= 0.6 is 11.3 Å². The number of aryl methyl sites for hydroxylation is 1. The third-order valence-electron chi connectivity index (χ3n) is 2.71. The number of hydrogen-bond acceptors (Lipinski definition) is 5. The number of benzene rings is 1. The quantitative estimate of drug-likeness (QED) is 0.777. The van der Waals surface area contributed by atoms with Crippen LogP contribution < -0.4 is 0 Å². The van der Waals surface area contributed by atoms with E-state index in [0.29, 0.717) is 6.42 Å². The van der Waals surface area contributed by atoms with Gasteiger partial charge in [-0.3, -0.25) is 0 Å². The normalized spacial score (nSPS) is 11.2. The van der Waals surface area contributed by atoms with Crippen LogP contribution in [-0.4, -0.2) is 31.7 Å². The second kappa shape index (κ2) is 4.83. The van der Waals surface area contributed by atoms with E-state index in [2.05, 4.69) is 21.4 Å². The highest BCUT2D eigenvalue weighted by atomic mass is 32.1. The van der Waals surface area contributed by atoms with Gasteiger partial charge in [0.2, 0.25) is 0 Å². The average Bonchev–Trinajstić information content (AvgIpc) is 3.04. The van der Waals surface area contributed by atoms with Crippen LogP contribution in [0.2, 0.25) is 0 Å². The first-order valence-corrected chi connectivity index (χ1v) is 6.60. The van der Waals surface area contributed by atoms with Crippen molar-refractivity contribution >= 4 is 21.6 Å². The van der Waals surface area contributed by atoms with E-state index in [4.69, 9.17) is 5.11 Å². The van der Waals surface area contributed by atoms with E-state index in [9.17, 15) is 0 Å². The maximum Gasteiger partial charge on any atom is 0.0832 e. The van der Waals surface area contributed by atoms with Crippen molar-refractivity contribution in [2.45, 2.75) is 12.8 Å². The van der Waals surface area contributed by atoms with Gasteiger partial charge in [-0.25, -0.2) is 9.67 Å². The molecule has 0 saturated carbocycles. The minimum atomic E-state index is 0.180. The van der Waals surface area contributed by atoms with Gasteiger partial charge < -0.3 is 5.11 Å². The lowest BCUT2D eigenvalue weighted by molar-refractivity contribution is 0.288. The van der Waals surface area contributed by atoms with E-state index < -0.39 is 0 Å². The van der Waals surface area contributed by atoms with Crippen molar-refractivity contribution in [3.05, 3.63) is 35.6 Å². The fourth-order valence-corrected chi connectivity index (χ4v) is 2.50. The Morgan fingerprint density at radius 3 is 3.17 bits per heavy atom. The van der Waals surface area contributed by atoms with Gasteiger partial charge in [-0.15, -0.1) is 16.4 Å². The number of aromatic nitrogens is 4. The van der Waals surface area contributed by atoms with Crippen LogP contribution in [0.3, 0.4) is 0 Å². The lowest BCUT2D eigenvalue weighted by atomic mass is 10.2. The number of fused-ring (bicyclic) bond motifs is 1. The molecule has 5 nitrogen and oxygen atoms in total. The Morgan fingerprint density at radius 1 is 1.33 bits per heavy atom. The second-order valence-electron chi connectivity index (χ2n) is 3.99. The van der Waals surface area contributed by atoms with Crippen LogP contribution in [0, 0.1) is 0 Å². The number of aliphatic hydroxyl groups excluding tert-OH is 1. The highest BCUT2D eigenvalue weighted by Crippen LogP contribution is 2.20. The zero-order valence-electron chi connectivity index (χ0n) is 9.65. The van der Waals surface area contributed by atoms with Crippen LogP contribution in [0.25, 0.3) is 15.9 Å². The molecule has 0 radical (unpaired) electrons. The molecule has 1 N–H and O–H groups in total. The Kier molecular flexibility index (Phi) is 3.04. The molecule has 0 aliphatic heterocycles. The molecule has 6 heteroatoms. The van der Waals surface area contributed by atoms with Gasteiger partial charge in [0.05, 0.1) is 33.3 Å². The molecule has 0 aliphatic carbocycles. The molecule has 18 heavy (non-hydrogen) atoms. The number of thiazole rings is 1. The summed E-state index contributed by atoms with van der Waals surface area (Å²) in [5, 5.41) is 17.0. The van der Waals surface area contributed by atoms with Crippen molar-refractivity contribution in [3.63, 3.8) is 0 Å². The molecular formula is C12H12N4OS. The Hall–Kier alpha value is -1.79. The van der Waals surface area contributed by atoms with Gasteiger partial charge in [-0.2, -0.15) is 0 Å². The zero-order valence-corrected chi connectivity index (χ0v) is 10.5. The summed E-state index contributed by atoms with van der Waals surface area (Å²) < 4.78 is 2.89. The predicted octanol–water partition coefficient (Wildman–Crippen LogP) is 1.80. The Bertz CT molecular complexity index is 661. The molecule has 2 aromatic heterocycles. The maximum absolute atomic E-state index is 8.79.